The standard InChI is InChI=1S/C19H17ClF4N2O3S/c20-13-3-6-15(7-4-13)30(28,29)26-9-1-2-12(11-26)18(27)25-14-5-8-17(21)16(10-14)19(22,23)24/h3-8,10,12H,1-2,9,11H2,(H,25,27)/t12-/m1/s1. The van der Waals surface area contributed by atoms with E-state index in [1.807, 2.05) is 0 Å². The number of halogens is 5. The third kappa shape index (κ3) is 4.93. The highest BCUT2D eigenvalue weighted by Crippen LogP contribution is 2.33. The second-order valence-corrected chi connectivity index (χ2v) is 9.21. The van der Waals surface area contributed by atoms with Gasteiger partial charge in [-0.15, -0.1) is 0 Å². The van der Waals surface area contributed by atoms with Crippen LogP contribution in [0, 0.1) is 11.7 Å². The molecule has 1 atom stereocenters. The van der Waals surface area contributed by atoms with Crippen molar-refractivity contribution in [2.24, 2.45) is 5.92 Å². The fraction of sp³-hybridized carbons (Fsp3) is 0.316. The van der Waals surface area contributed by atoms with E-state index >= 15 is 0 Å². The molecule has 1 heterocycles. The van der Waals surface area contributed by atoms with Crippen molar-refractivity contribution in [3.63, 3.8) is 0 Å². The zero-order valence-electron chi connectivity index (χ0n) is 15.4. The number of anilines is 1. The van der Waals surface area contributed by atoms with E-state index in [9.17, 15) is 30.8 Å². The predicted octanol–water partition coefficient (Wildman–Crippen LogP) is 4.54. The van der Waals surface area contributed by atoms with Gasteiger partial charge < -0.3 is 5.32 Å². The number of nitrogens with one attached hydrogen (secondary N) is 1. The van der Waals surface area contributed by atoms with E-state index in [0.29, 0.717) is 30.0 Å². The summed E-state index contributed by atoms with van der Waals surface area (Å²) in [6.07, 6.45) is -4.13. The zero-order chi connectivity index (χ0) is 22.1. The average Bonchev–Trinajstić information content (AvgIpc) is 2.69. The number of benzene rings is 2. The number of nitrogens with zero attached hydrogens (tertiary/aromatic N) is 1. The lowest BCUT2D eigenvalue weighted by Crippen LogP contribution is -2.43. The molecule has 0 saturated carbocycles. The Balaban J connectivity index is 1.74. The van der Waals surface area contributed by atoms with Crippen LogP contribution in [0.25, 0.3) is 0 Å². The van der Waals surface area contributed by atoms with Gasteiger partial charge >= 0.3 is 6.18 Å². The van der Waals surface area contributed by atoms with Crippen molar-refractivity contribution < 1.29 is 30.8 Å². The van der Waals surface area contributed by atoms with Gasteiger partial charge in [-0.3, -0.25) is 4.79 Å². The molecule has 1 fully saturated rings. The fourth-order valence-electron chi connectivity index (χ4n) is 3.19. The number of carbonyl (C=O) groups excluding carboxylic acids is 1. The lowest BCUT2D eigenvalue weighted by Gasteiger charge is -2.31. The average molecular weight is 465 g/mol. The first-order valence-electron chi connectivity index (χ1n) is 8.92. The third-order valence-corrected chi connectivity index (χ3v) is 6.88. The molecule has 1 saturated heterocycles. The molecular weight excluding hydrogens is 448 g/mol. The van der Waals surface area contributed by atoms with Gasteiger partial charge in [0.25, 0.3) is 0 Å². The molecule has 0 radical (unpaired) electrons. The number of carbonyl (C=O) groups is 1. The van der Waals surface area contributed by atoms with Crippen LogP contribution in [0.15, 0.2) is 47.4 Å². The van der Waals surface area contributed by atoms with Gasteiger partial charge in [-0.2, -0.15) is 17.5 Å². The van der Waals surface area contributed by atoms with Crippen LogP contribution in [-0.4, -0.2) is 31.7 Å². The molecule has 30 heavy (non-hydrogen) atoms. The Bertz CT molecular complexity index is 1040. The molecule has 1 amide bonds. The van der Waals surface area contributed by atoms with Crippen molar-refractivity contribution in [2.45, 2.75) is 23.9 Å². The van der Waals surface area contributed by atoms with Crippen molar-refractivity contribution in [1.82, 2.24) is 4.31 Å². The zero-order valence-corrected chi connectivity index (χ0v) is 17.0. The first-order chi connectivity index (χ1) is 14.0. The van der Waals surface area contributed by atoms with Crippen LogP contribution >= 0.6 is 11.6 Å². The van der Waals surface area contributed by atoms with Crippen LogP contribution in [0.2, 0.25) is 5.02 Å². The molecule has 5 nitrogen and oxygen atoms in total. The number of hydrogen-bond acceptors (Lipinski definition) is 3. The van der Waals surface area contributed by atoms with Gasteiger partial charge in [0, 0.05) is 23.8 Å². The number of piperidine rings is 1. The topological polar surface area (TPSA) is 66.5 Å². The molecule has 11 heteroatoms. The van der Waals surface area contributed by atoms with E-state index in [-0.39, 0.29) is 23.7 Å². The number of sulfonamides is 1. The molecule has 0 unspecified atom stereocenters. The number of alkyl halides is 3. The quantitative estimate of drug-likeness (QED) is 0.676. The highest BCUT2D eigenvalue weighted by atomic mass is 35.5. The van der Waals surface area contributed by atoms with Gasteiger partial charge in [0.2, 0.25) is 15.9 Å². The van der Waals surface area contributed by atoms with Crippen molar-refractivity contribution in [3.05, 3.63) is 58.9 Å². The van der Waals surface area contributed by atoms with E-state index < -0.39 is 39.4 Å². The Morgan fingerprint density at radius 1 is 1.13 bits per heavy atom. The molecule has 162 valence electrons. The third-order valence-electron chi connectivity index (χ3n) is 4.75. The Kier molecular flexibility index (Phi) is 6.40. The van der Waals surface area contributed by atoms with Gasteiger partial charge in [-0.1, -0.05) is 11.6 Å². The molecule has 2 aromatic carbocycles. The summed E-state index contributed by atoms with van der Waals surface area (Å²) in [7, 11) is -3.85. The van der Waals surface area contributed by atoms with Crippen LogP contribution < -0.4 is 5.32 Å². The SMILES string of the molecule is O=C(Nc1ccc(F)c(C(F)(F)F)c1)[C@@H]1CCCN(S(=O)(=O)c2ccc(Cl)cc2)C1. The highest BCUT2D eigenvalue weighted by molar-refractivity contribution is 7.89. The van der Waals surface area contributed by atoms with E-state index in [1.54, 1.807) is 0 Å². The molecule has 3 rings (SSSR count). The van der Waals surface area contributed by atoms with Crippen LogP contribution in [0.3, 0.4) is 0 Å². The Morgan fingerprint density at radius 3 is 2.43 bits per heavy atom. The molecule has 0 bridgehead atoms. The molecule has 0 aliphatic carbocycles. The number of amides is 1. The second kappa shape index (κ2) is 8.52. The van der Waals surface area contributed by atoms with Crippen LogP contribution in [-0.2, 0) is 21.0 Å². The second-order valence-electron chi connectivity index (χ2n) is 6.84. The lowest BCUT2D eigenvalue weighted by molar-refractivity contribution is -0.140. The number of hydrogen-bond donors (Lipinski definition) is 1. The van der Waals surface area contributed by atoms with Crippen molar-refractivity contribution >= 4 is 33.2 Å². The minimum absolute atomic E-state index is 0.0290. The first-order valence-corrected chi connectivity index (χ1v) is 10.7. The molecule has 1 aliphatic rings. The maximum atomic E-state index is 13.4. The van der Waals surface area contributed by atoms with Crippen LogP contribution in [0.5, 0.6) is 0 Å². The number of rotatable bonds is 4. The van der Waals surface area contributed by atoms with Gasteiger partial charge in [0.15, 0.2) is 0 Å². The monoisotopic (exact) mass is 464 g/mol. The summed E-state index contributed by atoms with van der Waals surface area (Å²) >= 11 is 5.78. The summed E-state index contributed by atoms with van der Waals surface area (Å²) in [5, 5.41) is 2.70. The van der Waals surface area contributed by atoms with E-state index in [1.165, 1.54) is 24.3 Å². The summed E-state index contributed by atoms with van der Waals surface area (Å²) in [4.78, 5) is 12.6. The molecular formula is C19H17ClF4N2O3S. The summed E-state index contributed by atoms with van der Waals surface area (Å²) in [6, 6.07) is 7.75. The Morgan fingerprint density at radius 2 is 1.80 bits per heavy atom. The van der Waals surface area contributed by atoms with E-state index in [2.05, 4.69) is 5.32 Å². The van der Waals surface area contributed by atoms with Crippen LogP contribution in [0.4, 0.5) is 23.2 Å². The van der Waals surface area contributed by atoms with Gasteiger partial charge in [-0.25, -0.2) is 12.8 Å². The highest BCUT2D eigenvalue weighted by Gasteiger charge is 2.36. The molecule has 0 aromatic heterocycles. The Hall–Kier alpha value is -2.17. The van der Waals surface area contributed by atoms with Gasteiger partial charge in [-0.05, 0) is 55.3 Å². The normalized spacial score (nSPS) is 18.2. The summed E-state index contributed by atoms with van der Waals surface area (Å²) in [5.41, 5.74) is -1.71. The minimum Gasteiger partial charge on any atom is -0.326 e. The fourth-order valence-corrected chi connectivity index (χ4v) is 4.84. The largest absolute Gasteiger partial charge is 0.419 e. The lowest BCUT2D eigenvalue weighted by atomic mass is 9.98. The summed E-state index contributed by atoms with van der Waals surface area (Å²) < 4.78 is 78.7. The van der Waals surface area contributed by atoms with Crippen molar-refractivity contribution in [2.75, 3.05) is 18.4 Å². The smallest absolute Gasteiger partial charge is 0.326 e. The molecule has 1 aliphatic heterocycles. The van der Waals surface area contributed by atoms with Crippen molar-refractivity contribution in [3.8, 4) is 0 Å². The molecule has 1 N–H and O–H groups in total. The maximum absolute atomic E-state index is 13.4. The molecule has 2 aromatic rings. The first kappa shape index (κ1) is 22.5. The van der Waals surface area contributed by atoms with Gasteiger partial charge in [0.1, 0.15) is 5.82 Å². The van der Waals surface area contributed by atoms with E-state index in [4.69, 9.17) is 11.6 Å². The Labute approximate surface area is 175 Å². The van der Waals surface area contributed by atoms with Gasteiger partial charge in [0.05, 0.1) is 16.4 Å². The van der Waals surface area contributed by atoms with E-state index in [0.717, 1.165) is 10.4 Å². The molecule has 0 spiro atoms. The summed E-state index contributed by atoms with van der Waals surface area (Å²) in [5.74, 6) is -2.84. The maximum Gasteiger partial charge on any atom is 0.419 e. The van der Waals surface area contributed by atoms with Crippen LogP contribution in [0.1, 0.15) is 18.4 Å². The van der Waals surface area contributed by atoms with Crippen molar-refractivity contribution in [1.29, 1.82) is 0 Å². The predicted molar refractivity (Wildman–Crippen MR) is 103 cm³/mol. The minimum atomic E-state index is -4.90. The summed E-state index contributed by atoms with van der Waals surface area (Å²) in [6.45, 7) is 0.0909.